The molecule has 0 aliphatic rings. The molecule has 2 rings (SSSR count). The van der Waals surface area contributed by atoms with E-state index in [9.17, 15) is 0 Å². The summed E-state index contributed by atoms with van der Waals surface area (Å²) in [6.45, 7) is 6.18. The molecule has 0 unspecified atom stereocenters. The zero-order valence-electron chi connectivity index (χ0n) is 23.8. The van der Waals surface area contributed by atoms with Crippen molar-refractivity contribution in [2.24, 2.45) is 0 Å². The van der Waals surface area contributed by atoms with Gasteiger partial charge in [0.25, 0.3) is 0 Å². The molecule has 2 nitrogen and oxygen atoms in total. The molecule has 0 aromatic heterocycles. The minimum absolute atomic E-state index is 0.805. The molecule has 204 valence electrons. The maximum atomic E-state index is 6.20. The fourth-order valence-electron chi connectivity index (χ4n) is 5.04. The van der Waals surface area contributed by atoms with Gasteiger partial charge in [0.2, 0.25) is 0 Å². The van der Waals surface area contributed by atoms with Crippen molar-refractivity contribution >= 4 is 10.8 Å². The number of fused-ring (bicyclic) bond motifs is 1. The van der Waals surface area contributed by atoms with Gasteiger partial charge in [0.1, 0.15) is 11.5 Å². The van der Waals surface area contributed by atoms with Gasteiger partial charge in [-0.25, -0.2) is 0 Å². The van der Waals surface area contributed by atoms with E-state index in [1.807, 2.05) is 0 Å². The lowest BCUT2D eigenvalue weighted by Gasteiger charge is -2.14. The summed E-state index contributed by atoms with van der Waals surface area (Å²) >= 11 is 0. The van der Waals surface area contributed by atoms with E-state index in [2.05, 4.69) is 50.2 Å². The number of benzene rings is 2. The summed E-state index contributed by atoms with van der Waals surface area (Å²) in [4.78, 5) is 0. The highest BCUT2D eigenvalue weighted by atomic mass is 16.5. The summed E-state index contributed by atoms with van der Waals surface area (Å²) in [5, 5.41) is 2.34. The second-order valence-corrected chi connectivity index (χ2v) is 10.7. The molecule has 2 heteroatoms. The lowest BCUT2D eigenvalue weighted by molar-refractivity contribution is 0.301. The normalized spacial score (nSPS) is 11.3. The van der Waals surface area contributed by atoms with Crippen LogP contribution in [0.15, 0.2) is 36.4 Å². The Morgan fingerprint density at radius 3 is 1.03 bits per heavy atom. The van der Waals surface area contributed by atoms with Crippen LogP contribution < -0.4 is 9.47 Å². The second kappa shape index (κ2) is 21.4. The largest absolute Gasteiger partial charge is 0.493 e. The summed E-state index contributed by atoms with van der Waals surface area (Å²) in [5.74, 6) is 1.99. The Bertz CT molecular complexity index is 704. The van der Waals surface area contributed by atoms with Gasteiger partial charge in [-0.05, 0) is 25.0 Å². The lowest BCUT2D eigenvalue weighted by atomic mass is 10.1. The second-order valence-electron chi connectivity index (χ2n) is 10.7. The van der Waals surface area contributed by atoms with E-state index < -0.39 is 0 Å². The molecule has 0 atom stereocenters. The first-order valence-electron chi connectivity index (χ1n) is 15.6. The molecular formula is C34H56O2. The van der Waals surface area contributed by atoms with E-state index in [1.165, 1.54) is 126 Å². The maximum Gasteiger partial charge on any atom is 0.127 e. The van der Waals surface area contributed by atoms with Crippen molar-refractivity contribution in [3.8, 4) is 11.5 Å². The van der Waals surface area contributed by atoms with E-state index in [1.54, 1.807) is 0 Å². The van der Waals surface area contributed by atoms with Crippen LogP contribution in [0.4, 0.5) is 0 Å². The molecule has 0 amide bonds. The van der Waals surface area contributed by atoms with Crippen LogP contribution in [0.25, 0.3) is 10.8 Å². The SMILES string of the molecule is CCCCCCCCCCCCOc1ccc(OCCCCCCCCCCCC)c2ccccc12. The molecule has 0 spiro atoms. The first-order chi connectivity index (χ1) is 17.9. The third-order valence-electron chi connectivity index (χ3n) is 7.35. The molecule has 0 bridgehead atoms. The van der Waals surface area contributed by atoms with E-state index >= 15 is 0 Å². The number of ether oxygens (including phenoxy) is 2. The summed E-state index contributed by atoms with van der Waals surface area (Å²) in [5.41, 5.74) is 0. The van der Waals surface area contributed by atoms with Gasteiger partial charge < -0.3 is 9.47 Å². The van der Waals surface area contributed by atoms with Crippen LogP contribution in [-0.2, 0) is 0 Å². The molecule has 0 radical (unpaired) electrons. The van der Waals surface area contributed by atoms with Crippen molar-refractivity contribution < 1.29 is 9.47 Å². The van der Waals surface area contributed by atoms with E-state index in [-0.39, 0.29) is 0 Å². The fraction of sp³-hybridized carbons (Fsp3) is 0.706. The van der Waals surface area contributed by atoms with Crippen LogP contribution >= 0.6 is 0 Å². The van der Waals surface area contributed by atoms with Gasteiger partial charge in [0, 0.05) is 10.8 Å². The first-order valence-corrected chi connectivity index (χ1v) is 15.6. The molecule has 2 aromatic carbocycles. The van der Waals surface area contributed by atoms with Gasteiger partial charge in [0.05, 0.1) is 13.2 Å². The molecule has 2 aromatic rings. The average Bonchev–Trinajstić information content (AvgIpc) is 2.91. The summed E-state index contributed by atoms with van der Waals surface area (Å²) in [7, 11) is 0. The Morgan fingerprint density at radius 1 is 0.389 bits per heavy atom. The zero-order chi connectivity index (χ0) is 25.5. The predicted molar refractivity (Wildman–Crippen MR) is 159 cm³/mol. The Morgan fingerprint density at radius 2 is 0.694 bits per heavy atom. The third-order valence-corrected chi connectivity index (χ3v) is 7.35. The standard InChI is InChI=1S/C34H56O2/c1-3-5-7-9-11-13-15-17-19-23-29-35-33-27-28-34(32-26-22-21-25-31(32)33)36-30-24-20-18-16-14-12-10-8-6-4-2/h21-22,25-28H,3-20,23-24,29-30H2,1-2H3. The van der Waals surface area contributed by atoms with Crippen molar-refractivity contribution in [3.63, 3.8) is 0 Å². The Hall–Kier alpha value is -1.70. The first kappa shape index (κ1) is 30.5. The highest BCUT2D eigenvalue weighted by Gasteiger charge is 2.08. The smallest absolute Gasteiger partial charge is 0.127 e. The van der Waals surface area contributed by atoms with E-state index in [0.29, 0.717) is 0 Å². The molecule has 0 heterocycles. The Labute approximate surface area is 223 Å². The van der Waals surface area contributed by atoms with Crippen molar-refractivity contribution in [3.05, 3.63) is 36.4 Å². The van der Waals surface area contributed by atoms with Crippen molar-refractivity contribution in [2.45, 2.75) is 142 Å². The molecule has 0 saturated carbocycles. The monoisotopic (exact) mass is 496 g/mol. The van der Waals surface area contributed by atoms with Gasteiger partial charge in [-0.2, -0.15) is 0 Å². The van der Waals surface area contributed by atoms with Crippen LogP contribution in [0, 0.1) is 0 Å². The Balaban J connectivity index is 1.60. The number of rotatable bonds is 24. The van der Waals surface area contributed by atoms with Gasteiger partial charge in [0.15, 0.2) is 0 Å². The van der Waals surface area contributed by atoms with Crippen LogP contribution in [0.3, 0.4) is 0 Å². The van der Waals surface area contributed by atoms with Gasteiger partial charge in [-0.1, -0.05) is 154 Å². The van der Waals surface area contributed by atoms with Gasteiger partial charge in [-0.15, -0.1) is 0 Å². The molecule has 0 aliphatic carbocycles. The van der Waals surface area contributed by atoms with Crippen LogP contribution in [0.5, 0.6) is 11.5 Å². The van der Waals surface area contributed by atoms with Gasteiger partial charge >= 0.3 is 0 Å². The predicted octanol–water partition coefficient (Wildman–Crippen LogP) is 11.4. The number of unbranched alkanes of at least 4 members (excludes halogenated alkanes) is 18. The van der Waals surface area contributed by atoms with Crippen LogP contribution in [-0.4, -0.2) is 13.2 Å². The molecular weight excluding hydrogens is 440 g/mol. The third kappa shape index (κ3) is 13.6. The molecule has 0 saturated heterocycles. The van der Waals surface area contributed by atoms with Crippen LogP contribution in [0.2, 0.25) is 0 Å². The number of hydrogen-bond donors (Lipinski definition) is 0. The zero-order valence-corrected chi connectivity index (χ0v) is 23.8. The van der Waals surface area contributed by atoms with Crippen molar-refractivity contribution in [1.82, 2.24) is 0 Å². The minimum atomic E-state index is 0.805. The summed E-state index contributed by atoms with van der Waals surface area (Å²) in [6, 6.07) is 12.7. The van der Waals surface area contributed by atoms with Gasteiger partial charge in [-0.3, -0.25) is 0 Å². The summed E-state index contributed by atoms with van der Waals surface area (Å²) in [6.07, 6.45) is 27.0. The molecule has 0 N–H and O–H groups in total. The van der Waals surface area contributed by atoms with Crippen molar-refractivity contribution in [2.75, 3.05) is 13.2 Å². The molecule has 0 aliphatic heterocycles. The molecule has 36 heavy (non-hydrogen) atoms. The number of hydrogen-bond acceptors (Lipinski definition) is 2. The quantitative estimate of drug-likeness (QED) is 0.134. The minimum Gasteiger partial charge on any atom is -0.493 e. The topological polar surface area (TPSA) is 18.5 Å². The average molecular weight is 497 g/mol. The maximum absolute atomic E-state index is 6.20. The lowest BCUT2D eigenvalue weighted by Crippen LogP contribution is -2.00. The highest BCUT2D eigenvalue weighted by molar-refractivity contribution is 5.93. The van der Waals surface area contributed by atoms with E-state index in [4.69, 9.17) is 9.47 Å². The fourth-order valence-corrected chi connectivity index (χ4v) is 5.04. The molecule has 0 fully saturated rings. The van der Waals surface area contributed by atoms with Crippen molar-refractivity contribution in [1.29, 1.82) is 0 Å². The van der Waals surface area contributed by atoms with Crippen LogP contribution in [0.1, 0.15) is 142 Å². The van der Waals surface area contributed by atoms with E-state index in [0.717, 1.165) is 37.6 Å². The Kier molecular flexibility index (Phi) is 18.1. The highest BCUT2D eigenvalue weighted by Crippen LogP contribution is 2.33. The summed E-state index contributed by atoms with van der Waals surface area (Å²) < 4.78 is 12.4.